The van der Waals surface area contributed by atoms with Gasteiger partial charge < -0.3 is 14.2 Å². The Hall–Kier alpha value is -2.86. The average molecular weight is 428 g/mol. The summed E-state index contributed by atoms with van der Waals surface area (Å²) >= 11 is 3.50. The Balaban J connectivity index is 1.96. The number of hydrogen-bond acceptors (Lipinski definition) is 5. The van der Waals surface area contributed by atoms with Crippen molar-refractivity contribution in [3.8, 4) is 17.2 Å². The quantitative estimate of drug-likeness (QED) is 0.418. The lowest BCUT2D eigenvalue weighted by atomic mass is 10.1. The number of esters is 1. The van der Waals surface area contributed by atoms with E-state index in [1.54, 1.807) is 19.2 Å². The van der Waals surface area contributed by atoms with Crippen molar-refractivity contribution >= 4 is 45.0 Å². The van der Waals surface area contributed by atoms with Crippen LogP contribution in [0.2, 0.25) is 0 Å². The molecule has 0 fully saturated rings. The van der Waals surface area contributed by atoms with Crippen LogP contribution in [0.5, 0.6) is 17.2 Å². The SMILES string of the molecule is COc1cc(C=Cc2ccc3cccc(OC)c3n2)c(Br)cc1OC(C)=O. The second-order valence-electron chi connectivity index (χ2n) is 5.72. The predicted octanol–water partition coefficient (Wildman–Crippen LogP) is 5.11. The van der Waals surface area contributed by atoms with Gasteiger partial charge in [-0.3, -0.25) is 4.79 Å². The first-order chi connectivity index (χ1) is 13.0. The molecule has 0 unspecified atom stereocenters. The minimum Gasteiger partial charge on any atom is -0.494 e. The number of aromatic nitrogens is 1. The van der Waals surface area contributed by atoms with E-state index < -0.39 is 5.97 Å². The molecule has 0 aliphatic heterocycles. The molecule has 0 radical (unpaired) electrons. The maximum atomic E-state index is 11.2. The van der Waals surface area contributed by atoms with E-state index in [1.807, 2.05) is 42.5 Å². The van der Waals surface area contributed by atoms with Crippen LogP contribution in [-0.4, -0.2) is 25.2 Å². The Kier molecular flexibility index (Phi) is 5.76. The lowest BCUT2D eigenvalue weighted by molar-refractivity contribution is -0.132. The van der Waals surface area contributed by atoms with Crippen molar-refractivity contribution in [3.05, 3.63) is 58.2 Å². The van der Waals surface area contributed by atoms with E-state index in [1.165, 1.54) is 14.0 Å². The molecule has 0 amide bonds. The summed E-state index contributed by atoms with van der Waals surface area (Å²) in [7, 11) is 3.16. The van der Waals surface area contributed by atoms with Crippen molar-refractivity contribution in [2.45, 2.75) is 6.92 Å². The number of nitrogens with zero attached hydrogens (tertiary/aromatic N) is 1. The highest BCUT2D eigenvalue weighted by Gasteiger charge is 2.11. The van der Waals surface area contributed by atoms with Crippen LogP contribution >= 0.6 is 15.9 Å². The molecule has 0 aliphatic rings. The molecule has 0 atom stereocenters. The van der Waals surface area contributed by atoms with Crippen molar-refractivity contribution in [2.75, 3.05) is 14.2 Å². The van der Waals surface area contributed by atoms with Gasteiger partial charge in [0.1, 0.15) is 11.3 Å². The van der Waals surface area contributed by atoms with Gasteiger partial charge in [-0.25, -0.2) is 4.98 Å². The molecule has 2 aromatic carbocycles. The van der Waals surface area contributed by atoms with Crippen LogP contribution in [0.4, 0.5) is 0 Å². The number of methoxy groups -OCH3 is 2. The van der Waals surface area contributed by atoms with Gasteiger partial charge in [0.05, 0.1) is 19.9 Å². The summed E-state index contributed by atoms with van der Waals surface area (Å²) < 4.78 is 16.6. The highest BCUT2D eigenvalue weighted by Crippen LogP contribution is 2.34. The normalized spacial score (nSPS) is 11.0. The van der Waals surface area contributed by atoms with E-state index in [2.05, 4.69) is 20.9 Å². The van der Waals surface area contributed by atoms with Crippen molar-refractivity contribution in [1.29, 1.82) is 0 Å². The van der Waals surface area contributed by atoms with Crippen LogP contribution in [-0.2, 0) is 4.79 Å². The van der Waals surface area contributed by atoms with E-state index in [0.29, 0.717) is 11.5 Å². The minimum absolute atomic E-state index is 0.364. The molecule has 1 heterocycles. The molecule has 6 heteroatoms. The van der Waals surface area contributed by atoms with Gasteiger partial charge >= 0.3 is 5.97 Å². The number of carbonyl (C=O) groups excluding carboxylic acids is 1. The Morgan fingerprint density at radius 3 is 2.48 bits per heavy atom. The van der Waals surface area contributed by atoms with Gasteiger partial charge in [-0.05, 0) is 35.9 Å². The fourth-order valence-corrected chi connectivity index (χ4v) is 3.09. The topological polar surface area (TPSA) is 57.6 Å². The van der Waals surface area contributed by atoms with Crippen LogP contribution in [0.25, 0.3) is 23.1 Å². The van der Waals surface area contributed by atoms with Gasteiger partial charge in [0.15, 0.2) is 11.5 Å². The Morgan fingerprint density at radius 2 is 1.78 bits per heavy atom. The number of benzene rings is 2. The zero-order valence-electron chi connectivity index (χ0n) is 15.2. The van der Waals surface area contributed by atoms with E-state index in [0.717, 1.165) is 32.4 Å². The molecule has 27 heavy (non-hydrogen) atoms. The first-order valence-corrected chi connectivity index (χ1v) is 8.99. The second-order valence-corrected chi connectivity index (χ2v) is 6.57. The minimum atomic E-state index is -0.405. The summed E-state index contributed by atoms with van der Waals surface area (Å²) in [6.07, 6.45) is 3.81. The maximum Gasteiger partial charge on any atom is 0.308 e. The van der Waals surface area contributed by atoms with Crippen LogP contribution < -0.4 is 14.2 Å². The highest BCUT2D eigenvalue weighted by atomic mass is 79.9. The molecule has 3 aromatic rings. The summed E-state index contributed by atoms with van der Waals surface area (Å²) in [5.41, 5.74) is 2.47. The summed E-state index contributed by atoms with van der Waals surface area (Å²) in [5.74, 6) is 1.16. The summed E-state index contributed by atoms with van der Waals surface area (Å²) in [6.45, 7) is 1.35. The van der Waals surface area contributed by atoms with Crippen molar-refractivity contribution in [1.82, 2.24) is 4.98 Å². The molecule has 138 valence electrons. The lowest BCUT2D eigenvalue weighted by Crippen LogP contribution is -2.03. The third-order valence-electron chi connectivity index (χ3n) is 3.89. The predicted molar refractivity (Wildman–Crippen MR) is 109 cm³/mol. The monoisotopic (exact) mass is 427 g/mol. The largest absolute Gasteiger partial charge is 0.494 e. The van der Waals surface area contributed by atoms with Crippen LogP contribution in [0, 0.1) is 0 Å². The van der Waals surface area contributed by atoms with Crippen LogP contribution in [0.3, 0.4) is 0 Å². The van der Waals surface area contributed by atoms with Gasteiger partial charge in [-0.15, -0.1) is 0 Å². The maximum absolute atomic E-state index is 11.2. The summed E-state index contributed by atoms with van der Waals surface area (Å²) in [6, 6.07) is 13.3. The second kappa shape index (κ2) is 8.22. The molecule has 5 nitrogen and oxygen atoms in total. The molecule has 0 saturated carbocycles. The smallest absolute Gasteiger partial charge is 0.308 e. The van der Waals surface area contributed by atoms with Crippen molar-refractivity contribution < 1.29 is 19.0 Å². The molecule has 1 aromatic heterocycles. The van der Waals surface area contributed by atoms with Gasteiger partial charge in [0, 0.05) is 16.8 Å². The molecule has 0 saturated heterocycles. The molecule has 0 bridgehead atoms. The van der Waals surface area contributed by atoms with E-state index >= 15 is 0 Å². The number of carbonyl (C=O) groups is 1. The lowest BCUT2D eigenvalue weighted by Gasteiger charge is -2.10. The zero-order chi connectivity index (χ0) is 19.4. The van der Waals surface area contributed by atoms with E-state index in [4.69, 9.17) is 14.2 Å². The standard InChI is InChI=1S/C21H18BrNO4/c1-13(24)27-20-12-17(22)15(11-19(20)26-3)8-10-16-9-7-14-5-4-6-18(25-2)21(14)23-16/h4-12H,1-3H3. The fourth-order valence-electron chi connectivity index (χ4n) is 2.64. The Labute approximate surface area is 165 Å². The van der Waals surface area contributed by atoms with Gasteiger partial charge in [0.25, 0.3) is 0 Å². The highest BCUT2D eigenvalue weighted by molar-refractivity contribution is 9.10. The number of hydrogen-bond donors (Lipinski definition) is 0. The van der Waals surface area contributed by atoms with Gasteiger partial charge in [-0.2, -0.15) is 0 Å². The van der Waals surface area contributed by atoms with E-state index in [-0.39, 0.29) is 0 Å². The third-order valence-corrected chi connectivity index (χ3v) is 4.58. The third kappa shape index (κ3) is 4.28. The molecule has 0 spiro atoms. The van der Waals surface area contributed by atoms with E-state index in [9.17, 15) is 4.79 Å². The van der Waals surface area contributed by atoms with Crippen LogP contribution in [0.15, 0.2) is 46.9 Å². The van der Waals surface area contributed by atoms with Gasteiger partial charge in [-0.1, -0.05) is 40.2 Å². The first kappa shape index (κ1) is 18.9. The number of ether oxygens (including phenoxy) is 3. The van der Waals surface area contributed by atoms with Crippen molar-refractivity contribution in [3.63, 3.8) is 0 Å². The van der Waals surface area contributed by atoms with Crippen LogP contribution in [0.1, 0.15) is 18.2 Å². The van der Waals surface area contributed by atoms with Crippen molar-refractivity contribution in [2.24, 2.45) is 0 Å². The first-order valence-electron chi connectivity index (χ1n) is 8.19. The fraction of sp³-hybridized carbons (Fsp3) is 0.143. The molecule has 3 rings (SSSR count). The molecular weight excluding hydrogens is 410 g/mol. The molecular formula is C21H18BrNO4. The number of rotatable bonds is 5. The zero-order valence-corrected chi connectivity index (χ0v) is 16.7. The van der Waals surface area contributed by atoms with Gasteiger partial charge in [0.2, 0.25) is 0 Å². The number of pyridine rings is 1. The molecule has 0 N–H and O–H groups in total. The summed E-state index contributed by atoms with van der Waals surface area (Å²) in [5, 5.41) is 1.01. The number of halogens is 1. The molecule has 0 aliphatic carbocycles. The number of fused-ring (bicyclic) bond motifs is 1. The average Bonchev–Trinajstić information content (AvgIpc) is 2.66. The summed E-state index contributed by atoms with van der Waals surface area (Å²) in [4.78, 5) is 15.9. The Bertz CT molecular complexity index is 1030. The Morgan fingerprint density at radius 1 is 1.00 bits per heavy atom. The number of para-hydroxylation sites is 1.